The van der Waals surface area contributed by atoms with Crippen LogP contribution in [0.5, 0.6) is 0 Å². The van der Waals surface area contributed by atoms with Crippen molar-refractivity contribution in [3.05, 3.63) is 30.2 Å². The van der Waals surface area contributed by atoms with Crippen molar-refractivity contribution in [1.82, 2.24) is 4.98 Å². The average Bonchev–Trinajstić information content (AvgIpc) is 2.51. The Labute approximate surface area is 124 Å². The van der Waals surface area contributed by atoms with Crippen molar-refractivity contribution in [2.24, 2.45) is 5.92 Å². The van der Waals surface area contributed by atoms with Crippen LogP contribution in [0.1, 0.15) is 39.0 Å². The number of fused-ring (bicyclic) bond motifs is 1. The van der Waals surface area contributed by atoms with Gasteiger partial charge in [-0.15, -0.1) is 0 Å². The smallest absolute Gasteiger partial charge is 0.150 e. The zero-order valence-corrected chi connectivity index (χ0v) is 12.4. The molecule has 1 aliphatic carbocycles. The van der Waals surface area contributed by atoms with E-state index in [2.05, 4.69) is 17.2 Å². The van der Waals surface area contributed by atoms with Crippen molar-refractivity contribution >= 4 is 22.3 Å². The van der Waals surface area contributed by atoms with Gasteiger partial charge in [-0.05, 0) is 37.0 Å². The van der Waals surface area contributed by atoms with E-state index < -0.39 is 0 Å². The van der Waals surface area contributed by atoms with Crippen molar-refractivity contribution in [3.63, 3.8) is 0 Å². The Hall–Kier alpha value is -1.84. The number of nitrogen functional groups attached to an aromatic ring is 1. The third kappa shape index (κ3) is 2.80. The van der Waals surface area contributed by atoms with Crippen LogP contribution in [0.2, 0.25) is 0 Å². The van der Waals surface area contributed by atoms with Crippen LogP contribution < -0.4 is 11.1 Å². The van der Waals surface area contributed by atoms with E-state index >= 15 is 0 Å². The molecule has 112 valence electrons. The summed E-state index contributed by atoms with van der Waals surface area (Å²) in [6.45, 7) is 2.23. The Kier molecular flexibility index (Phi) is 3.95. The maximum atomic E-state index is 14.3. The number of hydrogen-bond donors (Lipinski definition) is 2. The molecule has 1 aliphatic rings. The Balaban J connectivity index is 1.93. The number of anilines is 2. The van der Waals surface area contributed by atoms with Gasteiger partial charge in [0.1, 0.15) is 0 Å². The lowest BCUT2D eigenvalue weighted by atomic mass is 9.84. The molecule has 0 radical (unpaired) electrons. The highest BCUT2D eigenvalue weighted by molar-refractivity contribution is 5.98. The first-order valence-corrected chi connectivity index (χ1v) is 7.78. The molecule has 1 heterocycles. The van der Waals surface area contributed by atoms with Gasteiger partial charge < -0.3 is 11.1 Å². The summed E-state index contributed by atoms with van der Waals surface area (Å²) in [5.41, 5.74) is 7.47. The quantitative estimate of drug-likeness (QED) is 0.826. The lowest BCUT2D eigenvalue weighted by Gasteiger charge is -2.30. The molecule has 1 aromatic heterocycles. The molecule has 0 saturated heterocycles. The minimum atomic E-state index is -0.308. The first kappa shape index (κ1) is 14.1. The second-order valence-corrected chi connectivity index (χ2v) is 6.00. The summed E-state index contributed by atoms with van der Waals surface area (Å²) in [5.74, 6) is 0.435. The molecule has 1 fully saturated rings. The average molecular weight is 287 g/mol. The molecule has 1 aromatic carbocycles. The fourth-order valence-electron chi connectivity index (χ4n) is 3.37. The van der Waals surface area contributed by atoms with E-state index in [-0.39, 0.29) is 5.82 Å². The van der Waals surface area contributed by atoms with Crippen LogP contribution in [-0.2, 0) is 0 Å². The molecule has 1 saturated carbocycles. The molecule has 4 heteroatoms. The Morgan fingerprint density at radius 1 is 1.43 bits per heavy atom. The van der Waals surface area contributed by atoms with Crippen molar-refractivity contribution in [3.8, 4) is 0 Å². The lowest BCUT2D eigenvalue weighted by Crippen LogP contribution is -2.27. The van der Waals surface area contributed by atoms with Gasteiger partial charge in [-0.3, -0.25) is 4.98 Å². The number of nitrogens with two attached hydrogens (primary N) is 1. The second-order valence-electron chi connectivity index (χ2n) is 6.00. The third-order valence-electron chi connectivity index (χ3n) is 4.59. The highest BCUT2D eigenvalue weighted by atomic mass is 19.1. The van der Waals surface area contributed by atoms with Gasteiger partial charge in [-0.2, -0.15) is 0 Å². The van der Waals surface area contributed by atoms with E-state index in [9.17, 15) is 4.39 Å². The highest BCUT2D eigenvalue weighted by Crippen LogP contribution is 2.33. The summed E-state index contributed by atoms with van der Waals surface area (Å²) in [6, 6.07) is 5.44. The summed E-state index contributed by atoms with van der Waals surface area (Å²) in [7, 11) is 0. The zero-order chi connectivity index (χ0) is 14.8. The molecule has 0 spiro atoms. The van der Waals surface area contributed by atoms with E-state index in [4.69, 9.17) is 5.73 Å². The summed E-state index contributed by atoms with van der Waals surface area (Å²) in [5, 5.41) is 4.20. The SMILES string of the molecule is CCC1CCCC(Nc2c(F)cc(N)c3cccnc23)C1. The van der Waals surface area contributed by atoms with Crippen LogP contribution in [-0.4, -0.2) is 11.0 Å². The number of rotatable bonds is 3. The lowest BCUT2D eigenvalue weighted by molar-refractivity contribution is 0.327. The number of halogens is 1. The summed E-state index contributed by atoms with van der Waals surface area (Å²) >= 11 is 0. The Bertz CT molecular complexity index is 641. The first-order chi connectivity index (χ1) is 10.2. The zero-order valence-electron chi connectivity index (χ0n) is 12.4. The number of benzene rings is 1. The van der Waals surface area contributed by atoms with Crippen molar-refractivity contribution < 1.29 is 4.39 Å². The highest BCUT2D eigenvalue weighted by Gasteiger charge is 2.22. The van der Waals surface area contributed by atoms with Crippen molar-refractivity contribution in [2.45, 2.75) is 45.1 Å². The molecule has 0 aliphatic heterocycles. The largest absolute Gasteiger partial charge is 0.398 e. The molecule has 2 unspecified atom stereocenters. The van der Waals surface area contributed by atoms with Crippen molar-refractivity contribution in [1.29, 1.82) is 0 Å². The van der Waals surface area contributed by atoms with Gasteiger partial charge in [0.05, 0.1) is 11.2 Å². The number of hydrogen-bond acceptors (Lipinski definition) is 3. The summed E-state index contributed by atoms with van der Waals surface area (Å²) in [4.78, 5) is 4.33. The van der Waals surface area contributed by atoms with E-state index in [0.29, 0.717) is 22.9 Å². The third-order valence-corrected chi connectivity index (χ3v) is 4.59. The van der Waals surface area contributed by atoms with Gasteiger partial charge in [-0.1, -0.05) is 26.2 Å². The number of nitrogens with zero attached hydrogens (tertiary/aromatic N) is 1. The minimum absolute atomic E-state index is 0.308. The normalized spacial score (nSPS) is 22.4. The van der Waals surface area contributed by atoms with Crippen LogP contribution in [0.3, 0.4) is 0 Å². The van der Waals surface area contributed by atoms with E-state index in [0.717, 1.165) is 24.1 Å². The van der Waals surface area contributed by atoms with Crippen LogP contribution in [0, 0.1) is 11.7 Å². The molecule has 3 nitrogen and oxygen atoms in total. The Morgan fingerprint density at radius 2 is 2.29 bits per heavy atom. The van der Waals surface area contributed by atoms with Crippen LogP contribution >= 0.6 is 0 Å². The van der Waals surface area contributed by atoms with E-state index in [1.165, 1.54) is 25.3 Å². The second kappa shape index (κ2) is 5.88. The fraction of sp³-hybridized carbons (Fsp3) is 0.471. The Morgan fingerprint density at radius 3 is 3.10 bits per heavy atom. The summed E-state index contributed by atoms with van der Waals surface area (Å²) < 4.78 is 14.3. The van der Waals surface area contributed by atoms with Crippen molar-refractivity contribution in [2.75, 3.05) is 11.1 Å². The molecule has 0 amide bonds. The van der Waals surface area contributed by atoms with Gasteiger partial charge in [0.2, 0.25) is 0 Å². The van der Waals surface area contributed by atoms with Gasteiger partial charge in [-0.25, -0.2) is 4.39 Å². The standard InChI is InChI=1S/C17H22FN3/c1-2-11-5-3-6-12(9-11)21-17-14(18)10-15(19)13-7-4-8-20-16(13)17/h4,7-8,10-12,21H,2-3,5-6,9,19H2,1H3. The van der Waals surface area contributed by atoms with E-state index in [1.54, 1.807) is 6.20 Å². The maximum absolute atomic E-state index is 14.3. The summed E-state index contributed by atoms with van der Waals surface area (Å²) in [6.07, 6.45) is 7.57. The molecular formula is C17H22FN3. The molecule has 21 heavy (non-hydrogen) atoms. The molecule has 3 rings (SSSR count). The predicted octanol–water partition coefficient (Wildman–Crippen LogP) is 4.34. The van der Waals surface area contributed by atoms with Gasteiger partial charge in [0.15, 0.2) is 5.82 Å². The molecule has 2 aromatic rings. The molecule has 2 atom stereocenters. The fourth-order valence-corrected chi connectivity index (χ4v) is 3.37. The van der Waals surface area contributed by atoms with Gasteiger partial charge in [0.25, 0.3) is 0 Å². The van der Waals surface area contributed by atoms with Crippen LogP contribution in [0.4, 0.5) is 15.8 Å². The van der Waals surface area contributed by atoms with E-state index in [1.807, 2.05) is 12.1 Å². The number of nitrogens with one attached hydrogen (secondary N) is 1. The maximum Gasteiger partial charge on any atom is 0.150 e. The van der Waals surface area contributed by atoms with Gasteiger partial charge >= 0.3 is 0 Å². The molecule has 0 bridgehead atoms. The monoisotopic (exact) mass is 287 g/mol. The molecule has 3 N–H and O–H groups in total. The predicted molar refractivity (Wildman–Crippen MR) is 85.8 cm³/mol. The van der Waals surface area contributed by atoms with Crippen LogP contribution in [0.25, 0.3) is 10.9 Å². The minimum Gasteiger partial charge on any atom is -0.398 e. The number of pyridine rings is 1. The first-order valence-electron chi connectivity index (χ1n) is 7.78. The molecular weight excluding hydrogens is 265 g/mol. The van der Waals surface area contributed by atoms with Crippen LogP contribution in [0.15, 0.2) is 24.4 Å². The number of aromatic nitrogens is 1. The van der Waals surface area contributed by atoms with Gasteiger partial charge in [0, 0.05) is 23.3 Å². The topological polar surface area (TPSA) is 50.9 Å².